The minimum absolute atomic E-state index is 0.118. The Kier molecular flexibility index (Phi) is 4.41. The van der Waals surface area contributed by atoms with Crippen LogP contribution >= 0.6 is 22.9 Å². The summed E-state index contributed by atoms with van der Waals surface area (Å²) in [5.41, 5.74) is 3.47. The van der Waals surface area contributed by atoms with Crippen molar-refractivity contribution in [1.29, 1.82) is 0 Å². The van der Waals surface area contributed by atoms with Crippen molar-refractivity contribution in [3.63, 3.8) is 0 Å². The number of nitrogens with zero attached hydrogens (tertiary/aromatic N) is 1. The van der Waals surface area contributed by atoms with Crippen LogP contribution in [-0.4, -0.2) is 17.2 Å². The number of hydrogen-bond donors (Lipinski definition) is 2. The van der Waals surface area contributed by atoms with Crippen molar-refractivity contribution in [3.05, 3.63) is 39.3 Å². The third-order valence-corrected chi connectivity index (χ3v) is 3.30. The molecule has 2 aromatic rings. The summed E-state index contributed by atoms with van der Waals surface area (Å²) in [6.07, 6.45) is 0. The number of phenols is 1. The molecule has 0 unspecified atom stereocenters. The zero-order valence-electron chi connectivity index (χ0n) is 9.81. The Morgan fingerprint density at radius 3 is 2.94 bits per heavy atom. The molecule has 2 rings (SSSR count). The first-order valence-corrected chi connectivity index (χ1v) is 6.66. The number of methoxy groups -OCH3 is 1. The molecule has 1 aromatic heterocycles. The molecule has 96 valence electrons. The smallest absolute Gasteiger partial charge is 0.162 e. The molecule has 0 fully saturated rings. The van der Waals surface area contributed by atoms with Crippen LogP contribution in [0.5, 0.6) is 11.5 Å². The predicted octanol–water partition coefficient (Wildman–Crippen LogP) is 2.80. The third kappa shape index (κ3) is 3.13. The van der Waals surface area contributed by atoms with Gasteiger partial charge in [-0.25, -0.2) is 4.98 Å². The van der Waals surface area contributed by atoms with Crippen molar-refractivity contribution in [2.24, 2.45) is 0 Å². The van der Waals surface area contributed by atoms with Gasteiger partial charge in [-0.3, -0.25) is 0 Å². The number of thiazole rings is 1. The summed E-state index contributed by atoms with van der Waals surface area (Å²) in [5.74, 6) is 0.501. The van der Waals surface area contributed by atoms with Gasteiger partial charge in [-0.1, -0.05) is 11.6 Å². The molecule has 2 N–H and O–H groups in total. The minimum Gasteiger partial charge on any atom is -0.504 e. The molecule has 4 nitrogen and oxygen atoms in total. The second-order valence-corrected chi connectivity index (χ2v) is 4.85. The van der Waals surface area contributed by atoms with Gasteiger partial charge in [-0.15, -0.1) is 11.3 Å². The Morgan fingerprint density at radius 1 is 1.44 bits per heavy atom. The van der Waals surface area contributed by atoms with Gasteiger partial charge in [0.15, 0.2) is 11.5 Å². The normalized spacial score (nSPS) is 10.6. The average Bonchev–Trinajstić information content (AvgIpc) is 2.86. The van der Waals surface area contributed by atoms with Gasteiger partial charge in [0.1, 0.15) is 0 Å². The van der Waals surface area contributed by atoms with Crippen molar-refractivity contribution in [1.82, 2.24) is 10.3 Å². The monoisotopic (exact) mass is 284 g/mol. The zero-order chi connectivity index (χ0) is 13.0. The highest BCUT2D eigenvalue weighted by Gasteiger charge is 2.09. The van der Waals surface area contributed by atoms with E-state index in [1.165, 1.54) is 7.11 Å². The molecule has 0 aliphatic carbocycles. The molecular formula is C12H13ClN2O2S. The maximum absolute atomic E-state index is 9.93. The summed E-state index contributed by atoms with van der Waals surface area (Å²) < 4.78 is 5.05. The second-order valence-electron chi connectivity index (χ2n) is 3.70. The maximum Gasteiger partial charge on any atom is 0.162 e. The summed E-state index contributed by atoms with van der Waals surface area (Å²) >= 11 is 7.51. The van der Waals surface area contributed by atoms with E-state index < -0.39 is 0 Å². The van der Waals surface area contributed by atoms with E-state index >= 15 is 0 Å². The Labute approximate surface area is 114 Å². The van der Waals surface area contributed by atoms with Crippen LogP contribution in [0.25, 0.3) is 0 Å². The molecule has 6 heteroatoms. The molecule has 0 bridgehead atoms. The quantitative estimate of drug-likeness (QED) is 0.886. The van der Waals surface area contributed by atoms with Crippen molar-refractivity contribution in [3.8, 4) is 11.5 Å². The molecule has 0 saturated carbocycles. The van der Waals surface area contributed by atoms with Crippen molar-refractivity contribution in [2.75, 3.05) is 7.11 Å². The number of ether oxygens (including phenoxy) is 1. The van der Waals surface area contributed by atoms with E-state index in [-0.39, 0.29) is 5.75 Å². The Hall–Kier alpha value is -1.30. The molecule has 18 heavy (non-hydrogen) atoms. The van der Waals surface area contributed by atoms with E-state index in [0.29, 0.717) is 29.4 Å². The van der Waals surface area contributed by atoms with Crippen LogP contribution in [0.1, 0.15) is 11.3 Å². The summed E-state index contributed by atoms with van der Waals surface area (Å²) in [6, 6.07) is 3.30. The summed E-state index contributed by atoms with van der Waals surface area (Å²) in [7, 11) is 1.50. The Balaban J connectivity index is 2.02. The van der Waals surface area contributed by atoms with Crippen molar-refractivity contribution >= 4 is 22.9 Å². The van der Waals surface area contributed by atoms with Gasteiger partial charge in [0.25, 0.3) is 0 Å². The Bertz CT molecular complexity index is 517. The first-order chi connectivity index (χ1) is 8.70. The van der Waals surface area contributed by atoms with Gasteiger partial charge < -0.3 is 15.2 Å². The first kappa shape index (κ1) is 13.1. The number of aromatic nitrogens is 1. The topological polar surface area (TPSA) is 54.4 Å². The fraction of sp³-hybridized carbons (Fsp3) is 0.250. The standard InChI is InChI=1S/C12H13ClN2O2S/c1-17-11-3-9(13)2-8(12(11)16)4-14-5-10-6-18-7-15-10/h2-3,6-7,14,16H,4-5H2,1H3. The molecule has 1 heterocycles. The summed E-state index contributed by atoms with van der Waals surface area (Å²) in [5, 5.41) is 15.6. The lowest BCUT2D eigenvalue weighted by Crippen LogP contribution is -2.13. The molecule has 0 atom stereocenters. The highest BCUT2D eigenvalue weighted by atomic mass is 35.5. The SMILES string of the molecule is COc1cc(Cl)cc(CNCc2cscn2)c1O. The number of rotatable bonds is 5. The van der Waals surface area contributed by atoms with Gasteiger partial charge in [0.2, 0.25) is 0 Å². The maximum atomic E-state index is 9.93. The Morgan fingerprint density at radius 2 is 2.28 bits per heavy atom. The number of halogens is 1. The van der Waals surface area contributed by atoms with Crippen LogP contribution in [0.4, 0.5) is 0 Å². The van der Waals surface area contributed by atoms with Crippen LogP contribution in [0.15, 0.2) is 23.0 Å². The first-order valence-electron chi connectivity index (χ1n) is 5.34. The highest BCUT2D eigenvalue weighted by molar-refractivity contribution is 7.07. The number of benzene rings is 1. The molecular weight excluding hydrogens is 272 g/mol. The van der Waals surface area contributed by atoms with Gasteiger partial charge in [0, 0.05) is 35.1 Å². The lowest BCUT2D eigenvalue weighted by Gasteiger charge is -2.10. The molecule has 0 spiro atoms. The zero-order valence-corrected chi connectivity index (χ0v) is 11.4. The number of aromatic hydroxyl groups is 1. The second kappa shape index (κ2) is 6.04. The molecule has 0 radical (unpaired) electrons. The molecule has 0 saturated heterocycles. The van der Waals surface area contributed by atoms with Gasteiger partial charge in [0.05, 0.1) is 18.3 Å². The van der Waals surface area contributed by atoms with Gasteiger partial charge >= 0.3 is 0 Å². The van der Waals surface area contributed by atoms with Crippen LogP contribution in [0.2, 0.25) is 5.02 Å². The van der Waals surface area contributed by atoms with E-state index in [2.05, 4.69) is 10.3 Å². The van der Waals surface area contributed by atoms with Crippen LogP contribution in [0.3, 0.4) is 0 Å². The number of hydrogen-bond acceptors (Lipinski definition) is 5. The summed E-state index contributed by atoms with van der Waals surface area (Å²) in [4.78, 5) is 4.16. The van der Waals surface area contributed by atoms with E-state index in [1.807, 2.05) is 5.38 Å². The summed E-state index contributed by atoms with van der Waals surface area (Å²) in [6.45, 7) is 1.15. The van der Waals surface area contributed by atoms with Gasteiger partial charge in [-0.05, 0) is 6.07 Å². The van der Waals surface area contributed by atoms with E-state index in [0.717, 1.165) is 5.69 Å². The van der Waals surface area contributed by atoms with Crippen molar-refractivity contribution < 1.29 is 9.84 Å². The predicted molar refractivity (Wildman–Crippen MR) is 72.3 cm³/mol. The van der Waals surface area contributed by atoms with E-state index in [1.54, 1.807) is 29.0 Å². The van der Waals surface area contributed by atoms with E-state index in [4.69, 9.17) is 16.3 Å². The number of nitrogens with one attached hydrogen (secondary N) is 1. The molecule has 1 aromatic carbocycles. The third-order valence-electron chi connectivity index (χ3n) is 2.44. The molecule has 0 amide bonds. The molecule has 0 aliphatic rings. The minimum atomic E-state index is 0.118. The molecule has 0 aliphatic heterocycles. The fourth-order valence-corrected chi connectivity index (χ4v) is 2.36. The average molecular weight is 285 g/mol. The van der Waals surface area contributed by atoms with Crippen molar-refractivity contribution in [2.45, 2.75) is 13.1 Å². The van der Waals surface area contributed by atoms with E-state index in [9.17, 15) is 5.11 Å². The van der Waals surface area contributed by atoms with Crippen LogP contribution in [-0.2, 0) is 13.1 Å². The lowest BCUT2D eigenvalue weighted by molar-refractivity contribution is 0.369. The fourth-order valence-electron chi connectivity index (χ4n) is 1.57. The van der Waals surface area contributed by atoms with Gasteiger partial charge in [-0.2, -0.15) is 0 Å². The largest absolute Gasteiger partial charge is 0.504 e. The number of phenolic OH excluding ortho intramolecular Hbond substituents is 1. The van der Waals surface area contributed by atoms with Crippen LogP contribution in [0, 0.1) is 0 Å². The lowest BCUT2D eigenvalue weighted by atomic mass is 10.2. The van der Waals surface area contributed by atoms with Crippen LogP contribution < -0.4 is 10.1 Å². The highest BCUT2D eigenvalue weighted by Crippen LogP contribution is 2.33.